The summed E-state index contributed by atoms with van der Waals surface area (Å²) < 4.78 is 37.9. The molecule has 8 heteroatoms. The van der Waals surface area contributed by atoms with E-state index in [1.54, 1.807) is 6.92 Å². The number of benzene rings is 1. The van der Waals surface area contributed by atoms with Crippen LogP contribution in [0.4, 0.5) is 11.4 Å². The summed E-state index contributed by atoms with van der Waals surface area (Å²) in [6.45, 7) is 2.08. The number of fused-ring (bicyclic) bond motifs is 1. The molecule has 0 fully saturated rings. The van der Waals surface area contributed by atoms with Gasteiger partial charge in [-0.2, -0.15) is 13.1 Å². The average molecular weight is 259 g/mol. The zero-order valence-electron chi connectivity index (χ0n) is 9.19. The summed E-state index contributed by atoms with van der Waals surface area (Å²) in [7, 11) is -3.60. The highest BCUT2D eigenvalue weighted by atomic mass is 32.2. The van der Waals surface area contributed by atoms with Gasteiger partial charge in [0.2, 0.25) is 6.79 Å². The Kier molecular flexibility index (Phi) is 2.99. The van der Waals surface area contributed by atoms with E-state index in [9.17, 15) is 8.42 Å². The van der Waals surface area contributed by atoms with Crippen molar-refractivity contribution in [1.29, 1.82) is 0 Å². The first kappa shape index (κ1) is 11.8. The molecule has 94 valence electrons. The lowest BCUT2D eigenvalue weighted by Gasteiger charge is -2.10. The van der Waals surface area contributed by atoms with Crippen molar-refractivity contribution in [2.75, 3.05) is 23.8 Å². The summed E-state index contributed by atoms with van der Waals surface area (Å²) in [5.74, 6) is 0.974. The molecular weight excluding hydrogens is 246 g/mol. The van der Waals surface area contributed by atoms with Crippen LogP contribution in [0.15, 0.2) is 12.1 Å². The van der Waals surface area contributed by atoms with Crippen LogP contribution in [-0.4, -0.2) is 21.8 Å². The maximum absolute atomic E-state index is 11.5. The normalized spacial score (nSPS) is 13.7. The van der Waals surface area contributed by atoms with Gasteiger partial charge < -0.3 is 15.2 Å². The molecule has 17 heavy (non-hydrogen) atoms. The van der Waals surface area contributed by atoms with Crippen LogP contribution in [0.5, 0.6) is 11.5 Å². The van der Waals surface area contributed by atoms with Crippen LogP contribution in [0.3, 0.4) is 0 Å². The van der Waals surface area contributed by atoms with Crippen LogP contribution in [0, 0.1) is 0 Å². The highest BCUT2D eigenvalue weighted by Crippen LogP contribution is 2.38. The Balaban J connectivity index is 2.28. The lowest BCUT2D eigenvalue weighted by molar-refractivity contribution is 0.174. The Bertz CT molecular complexity index is 529. The Morgan fingerprint density at radius 2 is 2.00 bits per heavy atom. The maximum atomic E-state index is 11.5. The molecule has 0 unspecified atom stereocenters. The summed E-state index contributed by atoms with van der Waals surface area (Å²) in [6, 6.07) is 3.01. The summed E-state index contributed by atoms with van der Waals surface area (Å²) in [5.41, 5.74) is 6.24. The minimum absolute atomic E-state index is 0.109. The molecule has 4 N–H and O–H groups in total. The SMILES string of the molecule is CCNS(=O)(=O)Nc1cc2c(cc1N)OCO2. The minimum atomic E-state index is -3.60. The van der Waals surface area contributed by atoms with E-state index in [0.717, 1.165) is 0 Å². The van der Waals surface area contributed by atoms with Crippen molar-refractivity contribution in [2.45, 2.75) is 6.92 Å². The Morgan fingerprint density at radius 1 is 1.35 bits per heavy atom. The Labute approximate surface area is 99.1 Å². The van der Waals surface area contributed by atoms with Crippen molar-refractivity contribution in [3.8, 4) is 11.5 Å². The van der Waals surface area contributed by atoms with Crippen LogP contribution in [0.1, 0.15) is 6.92 Å². The number of nitrogens with two attached hydrogens (primary N) is 1. The quantitative estimate of drug-likeness (QED) is 0.673. The lowest BCUT2D eigenvalue weighted by atomic mass is 10.2. The van der Waals surface area contributed by atoms with Gasteiger partial charge in [-0.25, -0.2) is 0 Å². The third kappa shape index (κ3) is 2.53. The molecule has 2 rings (SSSR count). The molecule has 0 atom stereocenters. The minimum Gasteiger partial charge on any atom is -0.454 e. The fourth-order valence-electron chi connectivity index (χ4n) is 1.42. The smallest absolute Gasteiger partial charge is 0.299 e. The molecule has 1 aliphatic rings. The molecule has 1 aromatic rings. The van der Waals surface area contributed by atoms with Crippen molar-refractivity contribution in [3.63, 3.8) is 0 Å². The predicted octanol–water partition coefficient (Wildman–Crippen LogP) is 0.264. The molecule has 0 radical (unpaired) electrons. The van der Waals surface area contributed by atoms with Gasteiger partial charge in [0, 0.05) is 18.7 Å². The molecule has 0 amide bonds. The lowest BCUT2D eigenvalue weighted by Crippen LogP contribution is -2.30. The number of ether oxygens (including phenoxy) is 2. The first-order valence-electron chi connectivity index (χ1n) is 4.98. The highest BCUT2D eigenvalue weighted by molar-refractivity contribution is 7.90. The molecule has 0 bridgehead atoms. The van der Waals surface area contributed by atoms with E-state index in [1.165, 1.54) is 12.1 Å². The van der Waals surface area contributed by atoms with Gasteiger partial charge in [-0.15, -0.1) is 0 Å². The van der Waals surface area contributed by atoms with Crippen LogP contribution in [0.2, 0.25) is 0 Å². The highest BCUT2D eigenvalue weighted by Gasteiger charge is 2.18. The van der Waals surface area contributed by atoms with E-state index >= 15 is 0 Å². The van der Waals surface area contributed by atoms with Gasteiger partial charge in [0.15, 0.2) is 11.5 Å². The van der Waals surface area contributed by atoms with Crippen molar-refractivity contribution in [1.82, 2.24) is 4.72 Å². The summed E-state index contributed by atoms with van der Waals surface area (Å²) in [6.07, 6.45) is 0. The second kappa shape index (κ2) is 4.30. The van der Waals surface area contributed by atoms with Gasteiger partial charge in [-0.05, 0) is 0 Å². The van der Waals surface area contributed by atoms with Gasteiger partial charge in [-0.1, -0.05) is 6.92 Å². The largest absolute Gasteiger partial charge is 0.454 e. The van der Waals surface area contributed by atoms with Crippen molar-refractivity contribution in [3.05, 3.63) is 12.1 Å². The fraction of sp³-hybridized carbons (Fsp3) is 0.333. The number of rotatable bonds is 4. The number of nitrogens with one attached hydrogen (secondary N) is 2. The molecular formula is C9H13N3O4S. The second-order valence-electron chi connectivity index (χ2n) is 3.40. The number of hydrogen-bond acceptors (Lipinski definition) is 5. The topological polar surface area (TPSA) is 103 Å². The number of anilines is 2. The zero-order valence-corrected chi connectivity index (χ0v) is 10.0. The monoisotopic (exact) mass is 259 g/mol. The molecule has 0 saturated heterocycles. The van der Waals surface area contributed by atoms with Gasteiger partial charge in [0.05, 0.1) is 11.4 Å². The maximum Gasteiger partial charge on any atom is 0.299 e. The third-order valence-corrected chi connectivity index (χ3v) is 3.28. The van der Waals surface area contributed by atoms with Gasteiger partial charge >= 0.3 is 0 Å². The van der Waals surface area contributed by atoms with E-state index in [4.69, 9.17) is 15.2 Å². The number of hydrogen-bond donors (Lipinski definition) is 3. The Morgan fingerprint density at radius 3 is 2.65 bits per heavy atom. The van der Waals surface area contributed by atoms with Gasteiger partial charge in [-0.3, -0.25) is 4.72 Å². The summed E-state index contributed by atoms with van der Waals surface area (Å²) >= 11 is 0. The molecule has 0 spiro atoms. The van der Waals surface area contributed by atoms with Gasteiger partial charge in [0.25, 0.3) is 10.2 Å². The van der Waals surface area contributed by atoms with E-state index < -0.39 is 10.2 Å². The molecule has 1 heterocycles. The third-order valence-electron chi connectivity index (χ3n) is 2.12. The first-order chi connectivity index (χ1) is 8.02. The second-order valence-corrected chi connectivity index (χ2v) is 4.90. The number of nitrogen functional groups attached to an aromatic ring is 1. The fourth-order valence-corrected chi connectivity index (χ4v) is 2.34. The average Bonchev–Trinajstić information content (AvgIpc) is 2.64. The van der Waals surface area contributed by atoms with Gasteiger partial charge in [0.1, 0.15) is 0 Å². The standard InChI is InChI=1S/C9H13N3O4S/c1-2-11-17(13,14)12-7-4-9-8(3-6(7)10)15-5-16-9/h3-4,11-12H,2,5,10H2,1H3. The molecule has 1 aliphatic heterocycles. The molecule has 7 nitrogen and oxygen atoms in total. The van der Waals surface area contributed by atoms with E-state index in [-0.39, 0.29) is 18.2 Å². The molecule has 0 aromatic heterocycles. The van der Waals surface area contributed by atoms with E-state index in [2.05, 4.69) is 9.44 Å². The molecule has 1 aromatic carbocycles. The van der Waals surface area contributed by atoms with Crippen molar-refractivity contribution >= 4 is 21.6 Å². The van der Waals surface area contributed by atoms with Crippen molar-refractivity contribution in [2.24, 2.45) is 0 Å². The van der Waals surface area contributed by atoms with Crippen molar-refractivity contribution < 1.29 is 17.9 Å². The summed E-state index contributed by atoms with van der Waals surface area (Å²) in [4.78, 5) is 0. The zero-order chi connectivity index (χ0) is 12.5. The summed E-state index contributed by atoms with van der Waals surface area (Å²) in [5, 5.41) is 0. The van der Waals surface area contributed by atoms with E-state index in [1.807, 2.05) is 0 Å². The van der Waals surface area contributed by atoms with Crippen LogP contribution in [-0.2, 0) is 10.2 Å². The van der Waals surface area contributed by atoms with Crippen LogP contribution < -0.4 is 24.7 Å². The molecule has 0 aliphatic carbocycles. The van der Waals surface area contributed by atoms with Crippen LogP contribution >= 0.6 is 0 Å². The van der Waals surface area contributed by atoms with Crippen LogP contribution in [0.25, 0.3) is 0 Å². The Hall–Kier alpha value is -1.67. The molecule has 0 saturated carbocycles. The predicted molar refractivity (Wildman–Crippen MR) is 63.2 cm³/mol. The van der Waals surface area contributed by atoms with E-state index in [0.29, 0.717) is 18.0 Å². The first-order valence-corrected chi connectivity index (χ1v) is 6.46.